The maximum Gasteiger partial charge on any atom is 0.261 e. The van der Waals surface area contributed by atoms with E-state index in [1.807, 2.05) is 6.07 Å². The van der Waals surface area contributed by atoms with E-state index in [4.69, 9.17) is 4.74 Å². The summed E-state index contributed by atoms with van der Waals surface area (Å²) in [5.74, 6) is 1.05. The van der Waals surface area contributed by atoms with Gasteiger partial charge in [-0.25, -0.2) is 0 Å². The van der Waals surface area contributed by atoms with Crippen LogP contribution in [0.4, 0.5) is 0 Å². The molecule has 30 heavy (non-hydrogen) atoms. The highest BCUT2D eigenvalue weighted by atomic mass is 16.5. The van der Waals surface area contributed by atoms with E-state index < -0.39 is 6.10 Å². The van der Waals surface area contributed by atoms with Crippen LogP contribution in [0, 0.1) is 5.92 Å². The van der Waals surface area contributed by atoms with E-state index in [0.717, 1.165) is 31.1 Å². The average Bonchev–Trinajstić information content (AvgIpc) is 2.73. The number of hydrogen-bond acceptors (Lipinski definition) is 4. The zero-order valence-electron chi connectivity index (χ0n) is 18.2. The molecule has 160 valence electrons. The van der Waals surface area contributed by atoms with Gasteiger partial charge in [-0.1, -0.05) is 43.3 Å². The van der Waals surface area contributed by atoms with Crippen LogP contribution in [0.2, 0.25) is 0 Å². The smallest absolute Gasteiger partial charge is 0.261 e. The Hall–Kier alpha value is -2.66. The highest BCUT2D eigenvalue weighted by molar-refractivity contribution is 5.94. The van der Waals surface area contributed by atoms with Crippen molar-refractivity contribution in [2.24, 2.45) is 5.92 Å². The number of carbonyl (C=O) groups excluding carboxylic acids is 2. The normalized spacial score (nSPS) is 17.9. The number of carbonyl (C=O) groups is 2. The number of rotatable bonds is 8. The molecule has 5 nitrogen and oxygen atoms in total. The van der Waals surface area contributed by atoms with Crippen LogP contribution >= 0.6 is 0 Å². The first kappa shape index (κ1) is 22.0. The van der Waals surface area contributed by atoms with Gasteiger partial charge in [0.25, 0.3) is 5.91 Å². The first-order valence-corrected chi connectivity index (χ1v) is 10.8. The van der Waals surface area contributed by atoms with E-state index in [2.05, 4.69) is 35.3 Å². The molecular weight excluding hydrogens is 376 g/mol. The van der Waals surface area contributed by atoms with Gasteiger partial charge in [0.05, 0.1) is 0 Å². The zero-order chi connectivity index (χ0) is 21.5. The first-order valence-electron chi connectivity index (χ1n) is 10.8. The molecule has 1 amide bonds. The number of hydrogen-bond donors (Lipinski definition) is 1. The Kier molecular flexibility index (Phi) is 7.63. The molecule has 0 spiro atoms. The minimum absolute atomic E-state index is 0.0303. The summed E-state index contributed by atoms with van der Waals surface area (Å²) in [6, 6.07) is 15.2. The van der Waals surface area contributed by atoms with Crippen molar-refractivity contribution in [3.05, 3.63) is 65.2 Å². The first-order chi connectivity index (χ1) is 14.4. The number of ether oxygens (including phenoxy) is 1. The lowest BCUT2D eigenvalue weighted by Crippen LogP contribution is -2.37. The molecule has 1 aliphatic heterocycles. The van der Waals surface area contributed by atoms with Crippen LogP contribution in [0.5, 0.6) is 5.75 Å². The van der Waals surface area contributed by atoms with E-state index >= 15 is 0 Å². The lowest BCUT2D eigenvalue weighted by atomic mass is 9.99. The molecule has 1 saturated heterocycles. The van der Waals surface area contributed by atoms with Gasteiger partial charge in [0.15, 0.2) is 11.9 Å². The molecule has 5 heteroatoms. The van der Waals surface area contributed by atoms with Crippen LogP contribution in [0.1, 0.15) is 55.1 Å². The summed E-state index contributed by atoms with van der Waals surface area (Å²) in [6.45, 7) is 9.19. The standard InChI is InChI=1S/C25H32N2O3/c1-18-8-7-13-27(16-18)17-23-10-5-4-9-22(23)15-26-25(29)20(3)30-24-12-6-11-21(14-24)19(2)28/h4-6,9-12,14,18,20H,7-8,13,15-17H2,1-3H3,(H,26,29). The molecule has 0 bridgehead atoms. The summed E-state index contributed by atoms with van der Waals surface area (Å²) >= 11 is 0. The highest BCUT2D eigenvalue weighted by Gasteiger charge is 2.18. The summed E-state index contributed by atoms with van der Waals surface area (Å²) in [4.78, 5) is 26.6. The molecule has 2 unspecified atom stereocenters. The number of nitrogens with one attached hydrogen (secondary N) is 1. The van der Waals surface area contributed by atoms with Crippen molar-refractivity contribution in [2.45, 2.75) is 52.8 Å². The topological polar surface area (TPSA) is 58.6 Å². The molecule has 1 N–H and O–H groups in total. The summed E-state index contributed by atoms with van der Waals surface area (Å²) < 4.78 is 5.75. The summed E-state index contributed by atoms with van der Waals surface area (Å²) in [6.07, 6.45) is 1.91. The van der Waals surface area contributed by atoms with E-state index in [1.165, 1.54) is 25.3 Å². The third kappa shape index (κ3) is 6.17. The Balaban J connectivity index is 1.56. The monoisotopic (exact) mass is 408 g/mol. The van der Waals surface area contributed by atoms with Crippen molar-refractivity contribution in [1.82, 2.24) is 10.2 Å². The Morgan fingerprint density at radius 1 is 1.17 bits per heavy atom. The minimum atomic E-state index is -0.651. The Morgan fingerprint density at radius 2 is 1.93 bits per heavy atom. The maximum absolute atomic E-state index is 12.6. The Bertz CT molecular complexity index is 880. The van der Waals surface area contributed by atoms with Gasteiger partial charge in [0, 0.05) is 25.2 Å². The maximum atomic E-state index is 12.6. The van der Waals surface area contributed by atoms with Gasteiger partial charge in [-0.3, -0.25) is 14.5 Å². The van der Waals surface area contributed by atoms with Gasteiger partial charge in [0.2, 0.25) is 0 Å². The highest BCUT2D eigenvalue weighted by Crippen LogP contribution is 2.20. The molecule has 3 rings (SSSR count). The molecule has 1 fully saturated rings. The van der Waals surface area contributed by atoms with E-state index in [9.17, 15) is 9.59 Å². The van der Waals surface area contributed by atoms with Crippen molar-refractivity contribution < 1.29 is 14.3 Å². The summed E-state index contributed by atoms with van der Waals surface area (Å²) in [7, 11) is 0. The van der Waals surface area contributed by atoms with Crippen molar-refractivity contribution in [1.29, 1.82) is 0 Å². The fourth-order valence-corrected chi connectivity index (χ4v) is 3.93. The van der Waals surface area contributed by atoms with Gasteiger partial charge in [-0.05, 0) is 62.4 Å². The zero-order valence-corrected chi connectivity index (χ0v) is 18.2. The predicted octanol–water partition coefficient (Wildman–Crippen LogP) is 4.20. The number of nitrogens with zero attached hydrogens (tertiary/aromatic N) is 1. The van der Waals surface area contributed by atoms with Gasteiger partial charge in [-0.2, -0.15) is 0 Å². The number of ketones is 1. The van der Waals surface area contributed by atoms with Crippen molar-refractivity contribution in [2.75, 3.05) is 13.1 Å². The number of piperidine rings is 1. The lowest BCUT2D eigenvalue weighted by Gasteiger charge is -2.31. The number of amides is 1. The molecule has 0 aromatic heterocycles. The van der Waals surface area contributed by atoms with Crippen LogP contribution in [0.15, 0.2) is 48.5 Å². The van der Waals surface area contributed by atoms with Crippen molar-refractivity contribution in [3.63, 3.8) is 0 Å². The third-order valence-corrected chi connectivity index (χ3v) is 5.63. The van der Waals surface area contributed by atoms with E-state index in [0.29, 0.717) is 17.9 Å². The van der Waals surface area contributed by atoms with Gasteiger partial charge >= 0.3 is 0 Å². The SMILES string of the molecule is CC(=O)c1cccc(OC(C)C(=O)NCc2ccccc2CN2CCCC(C)C2)c1. The second-order valence-corrected chi connectivity index (χ2v) is 8.31. The quantitative estimate of drug-likeness (QED) is 0.665. The summed E-state index contributed by atoms with van der Waals surface area (Å²) in [5, 5.41) is 2.99. The van der Waals surface area contributed by atoms with Crippen LogP contribution in [-0.4, -0.2) is 35.8 Å². The van der Waals surface area contributed by atoms with E-state index in [1.54, 1.807) is 31.2 Å². The lowest BCUT2D eigenvalue weighted by molar-refractivity contribution is -0.127. The second-order valence-electron chi connectivity index (χ2n) is 8.31. The van der Waals surface area contributed by atoms with Gasteiger partial charge in [0.1, 0.15) is 5.75 Å². The van der Waals surface area contributed by atoms with Crippen LogP contribution in [-0.2, 0) is 17.9 Å². The van der Waals surface area contributed by atoms with Crippen LogP contribution < -0.4 is 10.1 Å². The van der Waals surface area contributed by atoms with Crippen LogP contribution in [0.25, 0.3) is 0 Å². The number of benzene rings is 2. The molecule has 2 aromatic rings. The predicted molar refractivity (Wildman–Crippen MR) is 119 cm³/mol. The molecule has 1 aliphatic rings. The fourth-order valence-electron chi connectivity index (χ4n) is 3.93. The number of Topliss-reactive ketones (excluding diaryl/α,β-unsaturated/α-hetero) is 1. The molecule has 0 saturated carbocycles. The Labute approximate surface area is 179 Å². The van der Waals surface area contributed by atoms with Crippen molar-refractivity contribution >= 4 is 11.7 Å². The summed E-state index contributed by atoms with van der Waals surface area (Å²) in [5.41, 5.74) is 2.96. The molecule has 2 atom stereocenters. The minimum Gasteiger partial charge on any atom is -0.481 e. The second kappa shape index (κ2) is 10.4. The van der Waals surface area contributed by atoms with Crippen molar-refractivity contribution in [3.8, 4) is 5.75 Å². The third-order valence-electron chi connectivity index (χ3n) is 5.63. The molecule has 2 aromatic carbocycles. The molecule has 1 heterocycles. The molecular formula is C25H32N2O3. The largest absolute Gasteiger partial charge is 0.481 e. The number of likely N-dealkylation sites (tertiary alicyclic amines) is 1. The van der Waals surface area contributed by atoms with E-state index in [-0.39, 0.29) is 11.7 Å². The fraction of sp³-hybridized carbons (Fsp3) is 0.440. The average molecular weight is 409 g/mol. The van der Waals surface area contributed by atoms with Crippen LogP contribution in [0.3, 0.4) is 0 Å². The Morgan fingerprint density at radius 3 is 2.67 bits per heavy atom. The molecule has 0 radical (unpaired) electrons. The van der Waals surface area contributed by atoms with Gasteiger partial charge in [-0.15, -0.1) is 0 Å². The van der Waals surface area contributed by atoms with Gasteiger partial charge < -0.3 is 10.1 Å². The molecule has 0 aliphatic carbocycles.